The molecule has 0 aliphatic carbocycles. The molecule has 0 aliphatic rings. The molecule has 2 nitrogen and oxygen atoms in total. The summed E-state index contributed by atoms with van der Waals surface area (Å²) < 4.78 is 0. The normalized spacial score (nSPS) is 17.0. The molecule has 0 aromatic heterocycles. The number of rotatable bonds is 6. The van der Waals surface area contributed by atoms with Crippen molar-refractivity contribution in [3.63, 3.8) is 0 Å². The van der Waals surface area contributed by atoms with Crippen molar-refractivity contribution in [2.24, 2.45) is 28.9 Å². The molecule has 2 atom stereocenters. The summed E-state index contributed by atoms with van der Waals surface area (Å²) in [6.07, 6.45) is 0. The second kappa shape index (κ2) is 6.91. The molecule has 0 heterocycles. The van der Waals surface area contributed by atoms with Crippen LogP contribution in [0, 0.1) is 23.2 Å². The lowest BCUT2D eigenvalue weighted by atomic mass is 9.77. The molecule has 0 saturated carbocycles. The summed E-state index contributed by atoms with van der Waals surface area (Å²) in [4.78, 5) is 2.50. The summed E-state index contributed by atoms with van der Waals surface area (Å²) >= 11 is 0. The minimum Gasteiger partial charge on any atom is -0.329 e. The number of hydrogen-bond acceptors (Lipinski definition) is 2. The fraction of sp³-hybridized carbons (Fsp3) is 1.00. The highest BCUT2D eigenvalue weighted by Gasteiger charge is 2.34. The number of hydrogen-bond donors (Lipinski definition) is 1. The second-order valence-electron chi connectivity index (χ2n) is 7.58. The molecule has 2 N–H and O–H groups in total. The fourth-order valence-electron chi connectivity index (χ4n) is 3.15. The van der Waals surface area contributed by atoms with Gasteiger partial charge in [0.15, 0.2) is 0 Å². The zero-order valence-corrected chi connectivity index (χ0v) is 14.1. The fourth-order valence-corrected chi connectivity index (χ4v) is 3.15. The van der Waals surface area contributed by atoms with Gasteiger partial charge in [-0.15, -0.1) is 0 Å². The van der Waals surface area contributed by atoms with Gasteiger partial charge in [-0.1, -0.05) is 48.5 Å². The van der Waals surface area contributed by atoms with Gasteiger partial charge in [-0.2, -0.15) is 0 Å². The van der Waals surface area contributed by atoms with E-state index < -0.39 is 0 Å². The lowest BCUT2D eigenvalue weighted by molar-refractivity contribution is 0.0411. The molecule has 0 amide bonds. The highest BCUT2D eigenvalue weighted by molar-refractivity contribution is 4.88. The maximum atomic E-state index is 6.09. The summed E-state index contributed by atoms with van der Waals surface area (Å²) in [7, 11) is 2.24. The van der Waals surface area contributed by atoms with Crippen LogP contribution < -0.4 is 5.73 Å². The lowest BCUT2D eigenvalue weighted by Crippen LogP contribution is -2.53. The maximum absolute atomic E-state index is 6.09. The minimum absolute atomic E-state index is 0.292. The zero-order chi connectivity index (χ0) is 14.7. The molecular formula is C16H36N2. The number of nitrogens with two attached hydrogens (primary N) is 1. The Bertz CT molecular complexity index is 220. The Morgan fingerprint density at radius 2 is 1.33 bits per heavy atom. The van der Waals surface area contributed by atoms with Crippen LogP contribution in [-0.2, 0) is 0 Å². The summed E-state index contributed by atoms with van der Waals surface area (Å²) in [6, 6.07) is 1.00. The lowest BCUT2D eigenvalue weighted by Gasteiger charge is -2.45. The third kappa shape index (κ3) is 4.55. The first kappa shape index (κ1) is 17.9. The molecule has 0 spiro atoms. The Balaban J connectivity index is 5.06. The van der Waals surface area contributed by atoms with Crippen molar-refractivity contribution in [3.05, 3.63) is 0 Å². The largest absolute Gasteiger partial charge is 0.329 e. The van der Waals surface area contributed by atoms with E-state index in [0.717, 1.165) is 6.54 Å². The molecule has 0 aromatic carbocycles. The Hall–Kier alpha value is -0.0800. The Morgan fingerprint density at radius 3 is 1.56 bits per heavy atom. The zero-order valence-electron chi connectivity index (χ0n) is 14.1. The topological polar surface area (TPSA) is 29.3 Å². The Morgan fingerprint density at radius 1 is 0.944 bits per heavy atom. The third-order valence-corrected chi connectivity index (χ3v) is 4.61. The van der Waals surface area contributed by atoms with Gasteiger partial charge in [0, 0.05) is 18.6 Å². The van der Waals surface area contributed by atoms with Gasteiger partial charge >= 0.3 is 0 Å². The van der Waals surface area contributed by atoms with Gasteiger partial charge < -0.3 is 5.73 Å². The summed E-state index contributed by atoms with van der Waals surface area (Å²) in [5.74, 6) is 2.01. The van der Waals surface area contributed by atoms with Crippen molar-refractivity contribution < 1.29 is 0 Å². The van der Waals surface area contributed by atoms with Crippen LogP contribution in [0.15, 0.2) is 0 Å². The monoisotopic (exact) mass is 256 g/mol. The van der Waals surface area contributed by atoms with Crippen molar-refractivity contribution in [2.75, 3.05) is 13.6 Å². The summed E-state index contributed by atoms with van der Waals surface area (Å²) in [5.41, 5.74) is 6.38. The molecule has 2 unspecified atom stereocenters. The van der Waals surface area contributed by atoms with E-state index >= 15 is 0 Å². The predicted molar refractivity (Wildman–Crippen MR) is 82.7 cm³/mol. The number of likely N-dealkylation sites (N-methyl/N-ethyl adjacent to an activating group) is 1. The molecule has 0 saturated heterocycles. The van der Waals surface area contributed by atoms with E-state index in [1.165, 1.54) is 0 Å². The van der Waals surface area contributed by atoms with Crippen LogP contribution in [-0.4, -0.2) is 30.6 Å². The van der Waals surface area contributed by atoms with Crippen LogP contribution in [0.5, 0.6) is 0 Å². The van der Waals surface area contributed by atoms with Gasteiger partial charge in [0.1, 0.15) is 0 Å². The van der Waals surface area contributed by atoms with E-state index in [2.05, 4.69) is 67.3 Å². The molecular weight excluding hydrogens is 220 g/mol. The first-order valence-electron chi connectivity index (χ1n) is 7.46. The molecule has 0 fully saturated rings. The highest BCUT2D eigenvalue weighted by Crippen LogP contribution is 2.31. The molecule has 18 heavy (non-hydrogen) atoms. The third-order valence-electron chi connectivity index (χ3n) is 4.61. The van der Waals surface area contributed by atoms with Crippen LogP contribution in [0.3, 0.4) is 0 Å². The smallest absolute Gasteiger partial charge is 0.0251 e. The maximum Gasteiger partial charge on any atom is 0.0251 e. The molecule has 0 radical (unpaired) electrons. The first-order chi connectivity index (χ1) is 8.03. The average Bonchev–Trinajstić information content (AvgIpc) is 2.20. The van der Waals surface area contributed by atoms with Crippen LogP contribution >= 0.6 is 0 Å². The molecule has 0 bridgehead atoms. The highest BCUT2D eigenvalue weighted by atomic mass is 15.2. The van der Waals surface area contributed by atoms with E-state index in [4.69, 9.17) is 5.73 Å². The van der Waals surface area contributed by atoms with Crippen molar-refractivity contribution in [1.82, 2.24) is 4.90 Å². The van der Waals surface area contributed by atoms with Crippen molar-refractivity contribution in [2.45, 2.75) is 67.5 Å². The van der Waals surface area contributed by atoms with Crippen molar-refractivity contribution >= 4 is 0 Å². The Labute approximate surface area is 115 Å². The van der Waals surface area contributed by atoms with E-state index in [0.29, 0.717) is 35.3 Å². The van der Waals surface area contributed by atoms with Crippen LogP contribution in [0.4, 0.5) is 0 Å². The molecule has 0 aromatic rings. The quantitative estimate of drug-likeness (QED) is 0.786. The SMILES string of the molecule is CC(C)C(C(C)C)C(CN)N(C)C(C)C(C)(C)C. The molecule has 2 heteroatoms. The van der Waals surface area contributed by atoms with Gasteiger partial charge in [-0.25, -0.2) is 0 Å². The standard InChI is InChI=1S/C16H36N2/c1-11(2)15(12(3)4)14(10-17)18(9)13(5)16(6,7)8/h11-15H,10,17H2,1-9H3. The minimum atomic E-state index is 0.292. The Kier molecular flexibility index (Phi) is 6.87. The van der Waals surface area contributed by atoms with E-state index in [9.17, 15) is 0 Å². The van der Waals surface area contributed by atoms with Gasteiger partial charge in [-0.3, -0.25) is 4.90 Å². The summed E-state index contributed by atoms with van der Waals surface area (Å²) in [5, 5.41) is 0. The van der Waals surface area contributed by atoms with Gasteiger partial charge in [0.05, 0.1) is 0 Å². The second-order valence-corrected chi connectivity index (χ2v) is 7.58. The van der Waals surface area contributed by atoms with Gasteiger partial charge in [0.25, 0.3) is 0 Å². The first-order valence-corrected chi connectivity index (χ1v) is 7.46. The molecule has 0 rings (SSSR count). The van der Waals surface area contributed by atoms with E-state index in [-0.39, 0.29) is 0 Å². The summed E-state index contributed by atoms with van der Waals surface area (Å²) in [6.45, 7) is 19.3. The van der Waals surface area contributed by atoms with E-state index in [1.54, 1.807) is 0 Å². The van der Waals surface area contributed by atoms with Gasteiger partial charge in [0.2, 0.25) is 0 Å². The average molecular weight is 256 g/mol. The van der Waals surface area contributed by atoms with Crippen LogP contribution in [0.1, 0.15) is 55.4 Å². The predicted octanol–water partition coefficient (Wildman–Crippen LogP) is 3.61. The molecule has 110 valence electrons. The van der Waals surface area contributed by atoms with Crippen molar-refractivity contribution in [3.8, 4) is 0 Å². The van der Waals surface area contributed by atoms with Crippen LogP contribution in [0.25, 0.3) is 0 Å². The number of nitrogens with zero attached hydrogens (tertiary/aromatic N) is 1. The van der Waals surface area contributed by atoms with Gasteiger partial charge in [-0.05, 0) is 37.1 Å². The van der Waals surface area contributed by atoms with Crippen molar-refractivity contribution in [1.29, 1.82) is 0 Å². The van der Waals surface area contributed by atoms with E-state index in [1.807, 2.05) is 0 Å². The molecule has 0 aliphatic heterocycles. The van der Waals surface area contributed by atoms with Crippen LogP contribution in [0.2, 0.25) is 0 Å².